The van der Waals surface area contributed by atoms with Gasteiger partial charge in [0.05, 0.1) is 6.54 Å². The summed E-state index contributed by atoms with van der Waals surface area (Å²) >= 11 is 0. The number of rotatable bonds is 5. The highest BCUT2D eigenvalue weighted by atomic mass is 19.1. The molecule has 1 N–H and O–H groups in total. The third kappa shape index (κ3) is 3.22. The molecule has 1 rings (SSSR count). The van der Waals surface area contributed by atoms with Gasteiger partial charge < -0.3 is 10.1 Å². The van der Waals surface area contributed by atoms with Gasteiger partial charge in [0.1, 0.15) is 17.9 Å². The van der Waals surface area contributed by atoms with E-state index in [0.29, 0.717) is 18.5 Å². The number of hydrogen-bond donors (Lipinski definition) is 1. The van der Waals surface area contributed by atoms with Gasteiger partial charge in [0.25, 0.3) is 0 Å². The monoisotopic (exact) mass is 199 g/mol. The van der Waals surface area contributed by atoms with Gasteiger partial charge >= 0.3 is 0 Å². The molecule has 0 fully saturated rings. The standard InChI is InChI=1S/C10H11F2NO/c11-9-1-2-10(12)8(7-9)3-4-13-5-6-14/h1-2,6-7,13H,3-5H2. The minimum Gasteiger partial charge on any atom is -0.310 e. The van der Waals surface area contributed by atoms with Crippen LogP contribution in [0.25, 0.3) is 0 Å². The largest absolute Gasteiger partial charge is 0.310 e. The summed E-state index contributed by atoms with van der Waals surface area (Å²) < 4.78 is 25.7. The first-order chi connectivity index (χ1) is 6.74. The Morgan fingerprint density at radius 1 is 1.36 bits per heavy atom. The Kier molecular flexibility index (Phi) is 4.19. The maximum absolute atomic E-state index is 13.0. The number of aldehydes is 1. The van der Waals surface area contributed by atoms with Crippen molar-refractivity contribution in [3.8, 4) is 0 Å². The van der Waals surface area contributed by atoms with Gasteiger partial charge in [-0.2, -0.15) is 0 Å². The molecule has 0 aliphatic carbocycles. The predicted molar refractivity (Wildman–Crippen MR) is 49.0 cm³/mol. The zero-order valence-electron chi connectivity index (χ0n) is 7.59. The van der Waals surface area contributed by atoms with Crippen LogP contribution in [0.2, 0.25) is 0 Å². The smallest absolute Gasteiger partial charge is 0.133 e. The summed E-state index contributed by atoms with van der Waals surface area (Å²) in [5, 5.41) is 2.77. The van der Waals surface area contributed by atoms with E-state index in [0.717, 1.165) is 24.5 Å². The average molecular weight is 199 g/mol. The third-order valence-electron chi connectivity index (χ3n) is 1.81. The highest BCUT2D eigenvalue weighted by Gasteiger charge is 2.02. The zero-order chi connectivity index (χ0) is 10.4. The molecule has 0 saturated heterocycles. The normalized spacial score (nSPS) is 10.1. The molecule has 14 heavy (non-hydrogen) atoms. The first-order valence-electron chi connectivity index (χ1n) is 4.32. The molecule has 0 aromatic heterocycles. The third-order valence-corrected chi connectivity index (χ3v) is 1.81. The highest BCUT2D eigenvalue weighted by molar-refractivity contribution is 5.51. The molecule has 0 radical (unpaired) electrons. The molecule has 0 spiro atoms. The maximum Gasteiger partial charge on any atom is 0.133 e. The Hall–Kier alpha value is -1.29. The second kappa shape index (κ2) is 5.44. The van der Waals surface area contributed by atoms with E-state index in [-0.39, 0.29) is 6.54 Å². The quantitative estimate of drug-likeness (QED) is 0.572. The summed E-state index contributed by atoms with van der Waals surface area (Å²) in [6.07, 6.45) is 1.10. The van der Waals surface area contributed by atoms with Crippen LogP contribution in [0.3, 0.4) is 0 Å². The van der Waals surface area contributed by atoms with Crippen LogP contribution < -0.4 is 5.32 Å². The number of nitrogens with one attached hydrogen (secondary N) is 1. The molecule has 0 saturated carbocycles. The van der Waals surface area contributed by atoms with Gasteiger partial charge in [-0.25, -0.2) is 8.78 Å². The molecule has 0 aliphatic rings. The summed E-state index contributed by atoms with van der Waals surface area (Å²) in [7, 11) is 0. The Labute approximate surface area is 80.9 Å². The fourth-order valence-corrected chi connectivity index (χ4v) is 1.12. The van der Waals surface area contributed by atoms with Crippen molar-refractivity contribution in [1.82, 2.24) is 5.32 Å². The summed E-state index contributed by atoms with van der Waals surface area (Å²) in [5.41, 5.74) is 0.323. The second-order valence-corrected chi connectivity index (χ2v) is 2.86. The van der Waals surface area contributed by atoms with E-state index in [9.17, 15) is 13.6 Å². The minimum absolute atomic E-state index is 0.233. The van der Waals surface area contributed by atoms with Crippen molar-refractivity contribution in [3.05, 3.63) is 35.4 Å². The number of carbonyl (C=O) groups excluding carboxylic acids is 1. The molecule has 0 atom stereocenters. The van der Waals surface area contributed by atoms with E-state index in [1.165, 1.54) is 0 Å². The number of halogens is 2. The zero-order valence-corrected chi connectivity index (χ0v) is 7.59. The molecule has 1 aromatic rings. The average Bonchev–Trinajstić information content (AvgIpc) is 2.18. The van der Waals surface area contributed by atoms with Gasteiger partial charge in [-0.3, -0.25) is 0 Å². The summed E-state index contributed by atoms with van der Waals surface area (Å²) in [5.74, 6) is -0.865. The van der Waals surface area contributed by atoms with E-state index < -0.39 is 11.6 Å². The number of carbonyl (C=O) groups is 1. The molecular weight excluding hydrogens is 188 g/mol. The Bertz CT molecular complexity index is 315. The molecule has 0 bridgehead atoms. The first kappa shape index (κ1) is 10.8. The Morgan fingerprint density at radius 2 is 2.14 bits per heavy atom. The molecular formula is C10H11F2NO. The van der Waals surface area contributed by atoms with Crippen molar-refractivity contribution in [1.29, 1.82) is 0 Å². The molecule has 2 nitrogen and oxygen atoms in total. The van der Waals surface area contributed by atoms with Gasteiger partial charge in [-0.05, 0) is 36.7 Å². The Balaban J connectivity index is 2.49. The van der Waals surface area contributed by atoms with Crippen molar-refractivity contribution in [2.45, 2.75) is 6.42 Å². The van der Waals surface area contributed by atoms with Gasteiger partial charge in [0, 0.05) is 0 Å². The van der Waals surface area contributed by atoms with E-state index in [1.807, 2.05) is 0 Å². The minimum atomic E-state index is -0.447. The Morgan fingerprint density at radius 3 is 2.86 bits per heavy atom. The molecule has 1 aromatic carbocycles. The van der Waals surface area contributed by atoms with Crippen molar-refractivity contribution in [3.63, 3.8) is 0 Å². The van der Waals surface area contributed by atoms with E-state index in [1.54, 1.807) is 0 Å². The summed E-state index contributed by atoms with van der Waals surface area (Å²) in [4.78, 5) is 9.94. The van der Waals surface area contributed by atoms with E-state index in [2.05, 4.69) is 5.32 Å². The lowest BCUT2D eigenvalue weighted by molar-refractivity contribution is -0.107. The SMILES string of the molecule is O=CCNCCc1cc(F)ccc1F. The van der Waals surface area contributed by atoms with Gasteiger partial charge in [-0.15, -0.1) is 0 Å². The van der Waals surface area contributed by atoms with Gasteiger partial charge in [0.2, 0.25) is 0 Å². The molecule has 0 amide bonds. The van der Waals surface area contributed by atoms with Crippen molar-refractivity contribution in [2.24, 2.45) is 0 Å². The number of hydrogen-bond acceptors (Lipinski definition) is 2. The van der Waals surface area contributed by atoms with Crippen LogP contribution in [0.5, 0.6) is 0 Å². The van der Waals surface area contributed by atoms with Crippen LogP contribution in [0.4, 0.5) is 8.78 Å². The topological polar surface area (TPSA) is 29.1 Å². The predicted octanol–water partition coefficient (Wildman–Crippen LogP) is 1.30. The van der Waals surface area contributed by atoms with E-state index in [4.69, 9.17) is 0 Å². The second-order valence-electron chi connectivity index (χ2n) is 2.86. The van der Waals surface area contributed by atoms with Gasteiger partial charge in [-0.1, -0.05) is 0 Å². The summed E-state index contributed by atoms with van der Waals surface area (Å²) in [6.45, 7) is 0.691. The van der Waals surface area contributed by atoms with Crippen molar-refractivity contribution in [2.75, 3.05) is 13.1 Å². The van der Waals surface area contributed by atoms with Crippen LogP contribution in [0, 0.1) is 11.6 Å². The first-order valence-corrected chi connectivity index (χ1v) is 4.32. The molecule has 4 heteroatoms. The fraction of sp³-hybridized carbons (Fsp3) is 0.300. The summed E-state index contributed by atoms with van der Waals surface area (Å²) in [6, 6.07) is 3.35. The lowest BCUT2D eigenvalue weighted by Gasteiger charge is -2.03. The van der Waals surface area contributed by atoms with E-state index >= 15 is 0 Å². The van der Waals surface area contributed by atoms with Crippen LogP contribution in [0.15, 0.2) is 18.2 Å². The van der Waals surface area contributed by atoms with Crippen LogP contribution in [-0.2, 0) is 11.2 Å². The molecule has 0 unspecified atom stereocenters. The highest BCUT2D eigenvalue weighted by Crippen LogP contribution is 2.09. The lowest BCUT2D eigenvalue weighted by Crippen LogP contribution is -2.19. The van der Waals surface area contributed by atoms with Crippen LogP contribution in [-0.4, -0.2) is 19.4 Å². The lowest BCUT2D eigenvalue weighted by atomic mass is 10.1. The molecule has 0 aliphatic heterocycles. The van der Waals surface area contributed by atoms with Gasteiger partial charge in [0.15, 0.2) is 0 Å². The van der Waals surface area contributed by atoms with Crippen molar-refractivity contribution >= 4 is 6.29 Å². The molecule has 76 valence electrons. The van der Waals surface area contributed by atoms with Crippen LogP contribution in [0.1, 0.15) is 5.56 Å². The van der Waals surface area contributed by atoms with Crippen LogP contribution >= 0.6 is 0 Å². The maximum atomic E-state index is 13.0. The fourth-order valence-electron chi connectivity index (χ4n) is 1.12. The molecule has 0 heterocycles. The van der Waals surface area contributed by atoms with Crippen molar-refractivity contribution < 1.29 is 13.6 Å². The number of benzene rings is 1.